The molecule has 1 saturated carbocycles. The fraction of sp³-hybridized carbons (Fsp3) is 0.343. The number of imidazole rings is 1. The number of aromatic amines is 1. The van der Waals surface area contributed by atoms with Crippen LogP contribution < -0.4 is 10.2 Å². The van der Waals surface area contributed by atoms with Crippen LogP contribution in [0.25, 0.3) is 33.9 Å². The van der Waals surface area contributed by atoms with E-state index in [2.05, 4.69) is 86.0 Å². The zero-order valence-electron chi connectivity index (χ0n) is 25.5. The number of nitrogens with one attached hydrogen (secondary N) is 2. The highest BCUT2D eigenvalue weighted by atomic mass is 16.2. The first-order valence-electron chi connectivity index (χ1n) is 15.7. The molecule has 0 bridgehead atoms. The fourth-order valence-corrected chi connectivity index (χ4v) is 6.08. The van der Waals surface area contributed by atoms with Crippen LogP contribution in [0.1, 0.15) is 63.0 Å². The van der Waals surface area contributed by atoms with Crippen molar-refractivity contribution < 1.29 is 4.79 Å². The number of aryl methyl sites for hydroxylation is 1. The zero-order valence-corrected chi connectivity index (χ0v) is 25.5. The standard InChI is InChI=1S/C35H40N8O/c1-3-4-10-26-19-20-29(42(2)35(44)37-28-11-6-5-7-12-28)23-32(26)34-36-21-22-43(34)24-25-15-17-27(18-16-25)30-13-8-9-14-31(30)33-38-40-41-39-33/h8-9,13-23,28H,3-7,10-12,24H2,1-2H3,(H,37,44)(H,38,39,40,41). The number of tetrazole rings is 1. The summed E-state index contributed by atoms with van der Waals surface area (Å²) in [6, 6.07) is 23.2. The molecule has 5 aromatic rings. The summed E-state index contributed by atoms with van der Waals surface area (Å²) in [7, 11) is 1.86. The molecule has 9 nitrogen and oxygen atoms in total. The lowest BCUT2D eigenvalue weighted by molar-refractivity contribution is 0.239. The Labute approximate surface area is 258 Å². The minimum Gasteiger partial charge on any atom is -0.335 e. The van der Waals surface area contributed by atoms with E-state index >= 15 is 0 Å². The predicted molar refractivity (Wildman–Crippen MR) is 174 cm³/mol. The van der Waals surface area contributed by atoms with Gasteiger partial charge in [-0.15, -0.1) is 10.2 Å². The maximum atomic E-state index is 13.2. The van der Waals surface area contributed by atoms with Crippen molar-refractivity contribution in [1.29, 1.82) is 0 Å². The van der Waals surface area contributed by atoms with Crippen LogP contribution in [-0.4, -0.2) is 49.3 Å². The van der Waals surface area contributed by atoms with Gasteiger partial charge in [-0.1, -0.05) is 87.2 Å². The summed E-state index contributed by atoms with van der Waals surface area (Å²) in [4.78, 5) is 19.7. The van der Waals surface area contributed by atoms with Crippen LogP contribution >= 0.6 is 0 Å². The maximum absolute atomic E-state index is 13.2. The van der Waals surface area contributed by atoms with Gasteiger partial charge in [0, 0.05) is 48.8 Å². The van der Waals surface area contributed by atoms with Crippen molar-refractivity contribution in [1.82, 2.24) is 35.5 Å². The van der Waals surface area contributed by atoms with E-state index in [1.165, 1.54) is 30.4 Å². The molecule has 2 N–H and O–H groups in total. The number of benzene rings is 3. The van der Waals surface area contributed by atoms with E-state index in [0.29, 0.717) is 12.4 Å². The van der Waals surface area contributed by atoms with Gasteiger partial charge >= 0.3 is 6.03 Å². The van der Waals surface area contributed by atoms with Crippen molar-refractivity contribution in [3.8, 4) is 33.9 Å². The second-order valence-electron chi connectivity index (χ2n) is 11.6. The third-order valence-electron chi connectivity index (χ3n) is 8.61. The summed E-state index contributed by atoms with van der Waals surface area (Å²) >= 11 is 0. The molecule has 0 unspecified atom stereocenters. The Morgan fingerprint density at radius 2 is 1.80 bits per heavy atom. The Bertz CT molecular complexity index is 1670. The molecule has 0 saturated heterocycles. The van der Waals surface area contributed by atoms with E-state index in [0.717, 1.165) is 65.9 Å². The lowest BCUT2D eigenvalue weighted by Gasteiger charge is -2.26. The molecular weight excluding hydrogens is 548 g/mol. The van der Waals surface area contributed by atoms with Crippen molar-refractivity contribution in [3.05, 3.63) is 90.3 Å². The number of hydrogen-bond donors (Lipinski definition) is 2. The molecule has 0 radical (unpaired) electrons. The number of aromatic nitrogens is 6. The van der Waals surface area contributed by atoms with E-state index in [-0.39, 0.29) is 12.1 Å². The van der Waals surface area contributed by atoms with Gasteiger partial charge in [0.1, 0.15) is 5.82 Å². The minimum atomic E-state index is -0.0477. The van der Waals surface area contributed by atoms with Crippen LogP contribution in [0.5, 0.6) is 0 Å². The van der Waals surface area contributed by atoms with E-state index in [9.17, 15) is 4.79 Å². The number of anilines is 1. The number of H-pyrrole nitrogens is 1. The molecule has 2 aromatic heterocycles. The molecule has 44 heavy (non-hydrogen) atoms. The maximum Gasteiger partial charge on any atom is 0.321 e. The Hall–Kier alpha value is -4.79. The van der Waals surface area contributed by atoms with Crippen molar-refractivity contribution in [2.24, 2.45) is 0 Å². The molecule has 2 amide bonds. The summed E-state index contributed by atoms with van der Waals surface area (Å²) in [6.45, 7) is 2.89. The fourth-order valence-electron chi connectivity index (χ4n) is 6.08. The van der Waals surface area contributed by atoms with Crippen LogP contribution in [0.15, 0.2) is 79.1 Å². The Balaban J connectivity index is 1.24. The van der Waals surface area contributed by atoms with Gasteiger partial charge in [0.2, 0.25) is 5.82 Å². The third-order valence-corrected chi connectivity index (χ3v) is 8.61. The van der Waals surface area contributed by atoms with Crippen LogP contribution in [0.3, 0.4) is 0 Å². The number of rotatable bonds is 10. The van der Waals surface area contributed by atoms with Gasteiger partial charge in [-0.25, -0.2) is 9.78 Å². The van der Waals surface area contributed by atoms with Crippen LogP contribution in [-0.2, 0) is 13.0 Å². The highest BCUT2D eigenvalue weighted by Gasteiger charge is 2.21. The normalized spacial score (nSPS) is 13.6. The topological polar surface area (TPSA) is 105 Å². The Kier molecular flexibility index (Phi) is 9.10. The average Bonchev–Trinajstić information content (AvgIpc) is 3.77. The molecule has 3 aromatic carbocycles. The number of unbranched alkanes of at least 4 members (excludes halogenated alkanes) is 1. The number of urea groups is 1. The first-order chi connectivity index (χ1) is 21.6. The third kappa shape index (κ3) is 6.56. The zero-order chi connectivity index (χ0) is 30.3. The Morgan fingerprint density at radius 3 is 2.55 bits per heavy atom. The number of hydrogen-bond acceptors (Lipinski definition) is 5. The highest BCUT2D eigenvalue weighted by Crippen LogP contribution is 2.32. The number of amides is 2. The summed E-state index contributed by atoms with van der Waals surface area (Å²) in [5, 5.41) is 17.9. The smallest absolute Gasteiger partial charge is 0.321 e. The average molecular weight is 589 g/mol. The predicted octanol–water partition coefficient (Wildman–Crippen LogP) is 7.27. The molecule has 226 valence electrons. The van der Waals surface area contributed by atoms with Crippen LogP contribution in [0, 0.1) is 0 Å². The largest absolute Gasteiger partial charge is 0.335 e. The Morgan fingerprint density at radius 1 is 1.00 bits per heavy atom. The minimum absolute atomic E-state index is 0.0477. The van der Waals surface area contributed by atoms with E-state index in [1.54, 1.807) is 4.90 Å². The van der Waals surface area contributed by atoms with Gasteiger partial charge in [-0.3, -0.25) is 4.90 Å². The van der Waals surface area contributed by atoms with Gasteiger partial charge in [-0.2, -0.15) is 5.21 Å². The van der Waals surface area contributed by atoms with Crippen molar-refractivity contribution in [2.75, 3.05) is 11.9 Å². The molecule has 1 aliphatic carbocycles. The van der Waals surface area contributed by atoms with Crippen LogP contribution in [0.4, 0.5) is 10.5 Å². The summed E-state index contributed by atoms with van der Waals surface area (Å²) < 4.78 is 2.19. The number of carbonyl (C=O) groups is 1. The van der Waals surface area contributed by atoms with Gasteiger partial charge in [-0.05, 0) is 65.3 Å². The van der Waals surface area contributed by atoms with Crippen molar-refractivity contribution >= 4 is 11.7 Å². The van der Waals surface area contributed by atoms with Crippen molar-refractivity contribution in [3.63, 3.8) is 0 Å². The molecule has 6 rings (SSSR count). The number of nitrogens with zero attached hydrogens (tertiary/aromatic N) is 6. The molecule has 1 aliphatic rings. The first kappa shape index (κ1) is 29.3. The molecular formula is C35H40N8O. The second-order valence-corrected chi connectivity index (χ2v) is 11.6. The van der Waals surface area contributed by atoms with Gasteiger partial charge in [0.25, 0.3) is 0 Å². The summed E-state index contributed by atoms with van der Waals surface area (Å²) in [5.41, 5.74) is 7.43. The van der Waals surface area contributed by atoms with Crippen LogP contribution in [0.2, 0.25) is 0 Å². The molecule has 9 heteroatoms. The molecule has 0 atom stereocenters. The lowest BCUT2D eigenvalue weighted by Crippen LogP contribution is -2.44. The van der Waals surface area contributed by atoms with Crippen molar-refractivity contribution in [2.45, 2.75) is 70.9 Å². The highest BCUT2D eigenvalue weighted by molar-refractivity contribution is 5.92. The quantitative estimate of drug-likeness (QED) is 0.179. The molecule has 2 heterocycles. The summed E-state index contributed by atoms with van der Waals surface area (Å²) in [6.07, 6.45) is 12.8. The first-order valence-corrected chi connectivity index (χ1v) is 15.7. The SMILES string of the molecule is CCCCc1ccc(N(C)C(=O)NC2CCCCC2)cc1-c1nccn1Cc1ccc(-c2ccccc2-c2nn[nH]n2)cc1. The van der Waals surface area contributed by atoms with E-state index in [4.69, 9.17) is 4.98 Å². The molecule has 1 fully saturated rings. The monoisotopic (exact) mass is 588 g/mol. The summed E-state index contributed by atoms with van der Waals surface area (Å²) in [5.74, 6) is 1.48. The van der Waals surface area contributed by atoms with Gasteiger partial charge < -0.3 is 9.88 Å². The molecule has 0 aliphatic heterocycles. The van der Waals surface area contributed by atoms with Gasteiger partial charge in [0.15, 0.2) is 0 Å². The van der Waals surface area contributed by atoms with Gasteiger partial charge in [0.05, 0.1) is 0 Å². The number of carbonyl (C=O) groups excluding carboxylic acids is 1. The van der Waals surface area contributed by atoms with E-state index < -0.39 is 0 Å². The molecule has 0 spiro atoms. The lowest BCUT2D eigenvalue weighted by atomic mass is 9.96. The second kappa shape index (κ2) is 13.7. The van der Waals surface area contributed by atoms with E-state index in [1.807, 2.05) is 37.6 Å².